The van der Waals surface area contributed by atoms with Gasteiger partial charge in [-0.1, -0.05) is 192 Å². The molecule has 4 aromatic rings. The lowest BCUT2D eigenvalue weighted by molar-refractivity contribution is -0.148. The molecule has 0 bridgehead atoms. The van der Waals surface area contributed by atoms with E-state index in [-0.39, 0.29) is 65.4 Å². The molecule has 0 spiro atoms. The average molecular weight is 1140 g/mol. The first-order chi connectivity index (χ1) is 38.3. The molecule has 0 aromatic heterocycles. The highest BCUT2D eigenvalue weighted by molar-refractivity contribution is 6.61. The summed E-state index contributed by atoms with van der Waals surface area (Å²) in [5.41, 5.74) is 6.11. The van der Waals surface area contributed by atoms with Crippen LogP contribution in [0.4, 0.5) is 9.59 Å². The van der Waals surface area contributed by atoms with Crippen LogP contribution in [-0.2, 0) is 72.2 Å². The van der Waals surface area contributed by atoms with E-state index < -0.39 is 11.6 Å². The lowest BCUT2D eigenvalue weighted by Gasteiger charge is -2.32. The number of ether oxygens (including phenoxy) is 7. The first-order valence-corrected chi connectivity index (χ1v) is 29.7. The predicted octanol–water partition coefficient (Wildman–Crippen LogP) is 16.1. The zero-order chi connectivity index (χ0) is 56.5. The van der Waals surface area contributed by atoms with Crippen molar-refractivity contribution in [3.05, 3.63) is 130 Å². The molecule has 448 valence electrons. The van der Waals surface area contributed by atoms with Gasteiger partial charge in [0.2, 0.25) is 0 Å². The van der Waals surface area contributed by atoms with Crippen molar-refractivity contribution < 1.29 is 57.4 Å². The van der Waals surface area contributed by atoms with Gasteiger partial charge in [-0.05, 0) is 144 Å². The van der Waals surface area contributed by atoms with Crippen LogP contribution in [0.5, 0.6) is 11.5 Å². The van der Waals surface area contributed by atoms with Crippen molar-refractivity contribution in [2.75, 3.05) is 27.4 Å². The first kappa shape index (κ1) is 67.9. The van der Waals surface area contributed by atoms with E-state index in [0.29, 0.717) is 41.4 Å². The van der Waals surface area contributed by atoms with E-state index in [1.807, 2.05) is 84.9 Å². The molecule has 0 unspecified atom stereocenters. The van der Waals surface area contributed by atoms with Gasteiger partial charge < -0.3 is 38.3 Å². The molecule has 4 aliphatic carbocycles. The number of rotatable bonds is 25. The Kier molecular flexibility index (Phi) is 30.3. The summed E-state index contributed by atoms with van der Waals surface area (Å²) >= 11 is 4.60. The minimum Gasteiger partial charge on any atom is -0.482 e. The topological polar surface area (TPSA) is 153 Å². The number of esters is 2. The molecule has 0 heterocycles. The Balaban J connectivity index is 0.000000316. The number of carbonyl (C=O) groups excluding carboxylic acids is 4. The Morgan fingerprint density at radius 1 is 0.568 bits per heavy atom. The van der Waals surface area contributed by atoms with Crippen molar-refractivity contribution in [2.45, 2.75) is 184 Å². The van der Waals surface area contributed by atoms with Gasteiger partial charge in [0, 0.05) is 11.6 Å². The Hall–Kier alpha value is -5.59. The lowest BCUT2D eigenvalue weighted by atomic mass is 9.73. The maximum atomic E-state index is 12.4. The molecule has 8 rings (SSSR count). The molecule has 4 aromatic carbocycles. The van der Waals surface area contributed by atoms with Crippen molar-refractivity contribution in [3.8, 4) is 11.5 Å². The normalized spacial score (nSPS) is 21.5. The van der Waals surface area contributed by atoms with E-state index in [1.54, 1.807) is 0 Å². The van der Waals surface area contributed by atoms with Crippen molar-refractivity contribution >= 4 is 35.1 Å². The van der Waals surface area contributed by atoms with E-state index in [0.717, 1.165) is 86.3 Å². The molecule has 4 aliphatic rings. The maximum Gasteiger partial charge on any atom is 0.508 e. The van der Waals surface area contributed by atoms with Crippen LogP contribution in [0.15, 0.2) is 97.1 Å². The van der Waals surface area contributed by atoms with Gasteiger partial charge in [0.15, 0.2) is 13.2 Å². The summed E-state index contributed by atoms with van der Waals surface area (Å²) < 4.78 is 37.2. The SMILES string of the molecule is C.C.CCCCC[C@H](C)CC[C@@H]1[C@H]2Cc3cccc(OCC(=O)OCc4ccccc4)c3C[C@H]2C[C@H]1O.CCCCC[C@H](C)CC[C@@H]1[C@H]2Cc3cccc(OCC(=O)OCc4ccccc4)c3C[C@H]2C[C@H]1OC(=O)OC.COC(=O)Cl. The van der Waals surface area contributed by atoms with Gasteiger partial charge in [-0.15, -0.1) is 0 Å². The molecule has 0 aliphatic heterocycles. The van der Waals surface area contributed by atoms with E-state index in [1.165, 1.54) is 94.3 Å². The third-order valence-electron chi connectivity index (χ3n) is 17.0. The molecule has 13 heteroatoms. The minimum absolute atomic E-state index is 0. The van der Waals surface area contributed by atoms with E-state index in [2.05, 4.69) is 56.2 Å². The third kappa shape index (κ3) is 21.6. The molecule has 81 heavy (non-hydrogen) atoms. The molecule has 12 nitrogen and oxygen atoms in total. The molecule has 2 saturated carbocycles. The zero-order valence-corrected chi connectivity index (χ0v) is 48.6. The Bertz CT molecular complexity index is 2470. The first-order valence-electron chi connectivity index (χ1n) is 29.3. The Morgan fingerprint density at radius 2 is 1.01 bits per heavy atom. The second kappa shape index (κ2) is 36.1. The molecule has 2 fully saturated rings. The monoisotopic (exact) mass is 1140 g/mol. The minimum atomic E-state index is -0.773. The average Bonchev–Trinajstić information content (AvgIpc) is 4.07. The lowest BCUT2D eigenvalue weighted by Crippen LogP contribution is -2.29. The van der Waals surface area contributed by atoms with Gasteiger partial charge in [-0.2, -0.15) is 0 Å². The van der Waals surface area contributed by atoms with Gasteiger partial charge in [0.25, 0.3) is 0 Å². The summed E-state index contributed by atoms with van der Waals surface area (Å²) in [6.45, 7) is 9.52. The number of carbonyl (C=O) groups is 4. The number of methoxy groups -OCH3 is 2. The largest absolute Gasteiger partial charge is 0.508 e. The molecule has 10 atom stereocenters. The number of fused-ring (bicyclic) bond motifs is 4. The van der Waals surface area contributed by atoms with E-state index in [9.17, 15) is 24.3 Å². The molecule has 0 amide bonds. The maximum absolute atomic E-state index is 12.4. The van der Waals surface area contributed by atoms with Crippen LogP contribution in [0.2, 0.25) is 0 Å². The van der Waals surface area contributed by atoms with Crippen LogP contribution < -0.4 is 9.47 Å². The zero-order valence-electron chi connectivity index (χ0n) is 47.9. The van der Waals surface area contributed by atoms with Crippen LogP contribution in [-0.4, -0.2) is 68.3 Å². The molecule has 1 N–H and O–H groups in total. The van der Waals surface area contributed by atoms with Gasteiger partial charge >= 0.3 is 23.5 Å². The number of aliphatic hydroxyl groups is 1. The second-order valence-corrected chi connectivity index (χ2v) is 22.9. The van der Waals surface area contributed by atoms with E-state index >= 15 is 0 Å². The van der Waals surface area contributed by atoms with Crippen LogP contribution in [0.25, 0.3) is 0 Å². The fraction of sp³-hybridized carbons (Fsp3) is 0.588. The van der Waals surface area contributed by atoms with Gasteiger partial charge in [0.1, 0.15) is 30.8 Å². The number of halogens is 1. The van der Waals surface area contributed by atoms with Crippen LogP contribution in [0.3, 0.4) is 0 Å². The highest BCUT2D eigenvalue weighted by Gasteiger charge is 2.48. The molecule has 0 radical (unpaired) electrons. The predicted molar refractivity (Wildman–Crippen MR) is 321 cm³/mol. The summed E-state index contributed by atoms with van der Waals surface area (Å²) in [7, 11) is 2.59. The standard InChI is InChI=1S/C33H44O6.C31H42O4.C2H3ClO2.2CH4/c1-4-5-7-11-23(2)16-17-27-28-18-25-14-10-15-30(29(25)19-26(28)20-31(27)39-33(35)36-3)37-22-32(34)38-21-24-12-8-6-9-13-24;1-3-4-6-10-22(2)15-16-26-27-17-24-13-9-14-30(28(24)18-25(27)19-29(26)32)34-21-31(33)35-20-23-11-7-5-8-12-23;1-5-2(3)4;;/h6,8-10,12-15,23,26-28,31H,4-5,7,11,16-22H2,1-3H3;5,7-9,11-14,22,25-27,29,32H,3-4,6,10,15-21H2,1-2H3;1H3;2*1H4/t23-,26-,27+,28-,31+;22-,25-,26+,27-,29+;;;/m00.../s1. The smallest absolute Gasteiger partial charge is 0.482 e. The fourth-order valence-electron chi connectivity index (χ4n) is 12.7. The summed E-state index contributed by atoms with van der Waals surface area (Å²) in [6, 6.07) is 31.6. The van der Waals surface area contributed by atoms with Gasteiger partial charge in [-0.3, -0.25) is 0 Å². The van der Waals surface area contributed by atoms with Gasteiger partial charge in [-0.25, -0.2) is 19.2 Å². The highest BCUT2D eigenvalue weighted by atomic mass is 35.5. The molecule has 0 saturated heterocycles. The number of hydrogen-bond acceptors (Lipinski definition) is 12. The fourth-order valence-corrected chi connectivity index (χ4v) is 12.7. The molecular formula is C68H97ClO12. The van der Waals surface area contributed by atoms with Crippen LogP contribution in [0.1, 0.15) is 166 Å². The third-order valence-corrected chi connectivity index (χ3v) is 17.2. The summed E-state index contributed by atoms with van der Waals surface area (Å²) in [5, 5.41) is 10.9. The highest BCUT2D eigenvalue weighted by Crippen LogP contribution is 2.51. The van der Waals surface area contributed by atoms with Crippen molar-refractivity contribution in [3.63, 3.8) is 0 Å². The van der Waals surface area contributed by atoms with Crippen molar-refractivity contribution in [1.82, 2.24) is 0 Å². The number of benzene rings is 4. The second-order valence-electron chi connectivity index (χ2n) is 22.6. The van der Waals surface area contributed by atoms with Crippen LogP contribution >= 0.6 is 11.6 Å². The summed E-state index contributed by atoms with van der Waals surface area (Å²) in [4.78, 5) is 46.1. The van der Waals surface area contributed by atoms with Gasteiger partial charge in [0.05, 0.1) is 20.3 Å². The number of unbranched alkanes of at least 4 members (excludes halogenated alkanes) is 4. The quantitative estimate of drug-likeness (QED) is 0.0291. The van der Waals surface area contributed by atoms with E-state index in [4.69, 9.17) is 28.4 Å². The summed E-state index contributed by atoms with van der Waals surface area (Å²) in [6.07, 6.45) is 19.4. The van der Waals surface area contributed by atoms with Crippen molar-refractivity contribution in [2.24, 2.45) is 47.3 Å². The Morgan fingerprint density at radius 3 is 1.46 bits per heavy atom. The number of hydrogen-bond donors (Lipinski definition) is 1. The van der Waals surface area contributed by atoms with Crippen molar-refractivity contribution in [1.29, 1.82) is 0 Å². The molecular weight excluding hydrogens is 1040 g/mol. The Labute approximate surface area is 490 Å². The van der Waals surface area contributed by atoms with Crippen LogP contribution in [0, 0.1) is 47.3 Å². The summed E-state index contributed by atoms with van der Waals surface area (Å²) in [5.74, 6) is 4.85. The number of aliphatic hydroxyl groups excluding tert-OH is 1.